The van der Waals surface area contributed by atoms with E-state index >= 15 is 0 Å². The van der Waals surface area contributed by atoms with Gasteiger partial charge in [0.25, 0.3) is 0 Å². The molecule has 506 valence electrons. The number of aromatic nitrogens is 2. The molecule has 22 unspecified atom stereocenters. The van der Waals surface area contributed by atoms with Crippen molar-refractivity contribution >= 4 is 50.3 Å². The lowest BCUT2D eigenvalue weighted by atomic mass is 9.54. The predicted molar refractivity (Wildman–Crippen MR) is 341 cm³/mol. The molecule has 2 aromatic rings. The highest BCUT2D eigenvalue weighted by atomic mass is 16.3. The first-order valence-electron chi connectivity index (χ1n) is 32.8. The highest BCUT2D eigenvalue weighted by molar-refractivity contribution is 5.65. The van der Waals surface area contributed by atoms with E-state index in [1.54, 1.807) is 18.3 Å². The van der Waals surface area contributed by atoms with E-state index in [9.17, 15) is 58.8 Å². The number of carbonyl (C=O) groups excluding carboxylic acids is 8. The molecular weight excluding hydrogens is 1160 g/mol. The van der Waals surface area contributed by atoms with E-state index in [1.165, 1.54) is 41.5 Å². The molecule has 0 bridgehead atoms. The molecule has 0 aliphatic heterocycles. The fraction of sp³-hybridized carbons (Fsp3) is 0.754. The first-order chi connectivity index (χ1) is 42.8. The topological polar surface area (TPSA) is 380 Å². The van der Waals surface area contributed by atoms with E-state index in [0.717, 1.165) is 30.5 Å². The van der Waals surface area contributed by atoms with Crippen LogP contribution < -0.4 is 0 Å². The Kier molecular flexibility index (Phi) is 28.3. The summed E-state index contributed by atoms with van der Waals surface area (Å²) in [5.41, 5.74) is 28.0. The molecule has 22 atom stereocenters. The molecule has 0 saturated heterocycles. The van der Waals surface area contributed by atoms with Gasteiger partial charge >= 0.3 is 0 Å². The Balaban J connectivity index is 2.22. The lowest BCUT2D eigenvalue weighted by Crippen LogP contribution is -2.61. The summed E-state index contributed by atoms with van der Waals surface area (Å²) in [6, 6.07) is 9.31. The van der Waals surface area contributed by atoms with Crippen LogP contribution >= 0.6 is 0 Å². The van der Waals surface area contributed by atoms with E-state index < -0.39 is 142 Å². The van der Waals surface area contributed by atoms with Gasteiger partial charge in [0, 0.05) is 71.6 Å². The number of nitrogens with zero attached hydrogens (tertiary/aromatic N) is 6. The van der Waals surface area contributed by atoms with Crippen LogP contribution in [-0.4, -0.2) is 127 Å². The lowest BCUT2D eigenvalue weighted by Gasteiger charge is -2.52. The monoisotopic (exact) mass is 1270 g/mol. The minimum absolute atomic E-state index is 0.00352. The van der Waals surface area contributed by atoms with Gasteiger partial charge in [-0.3, -0.25) is 4.68 Å². The molecule has 2 fully saturated rings. The van der Waals surface area contributed by atoms with Crippen molar-refractivity contribution in [2.45, 2.75) is 220 Å². The highest BCUT2D eigenvalue weighted by Crippen LogP contribution is 2.53. The number of benzene rings is 1. The third-order valence-corrected chi connectivity index (χ3v) is 22.2. The molecule has 0 radical (unpaired) electrons. The van der Waals surface area contributed by atoms with Crippen molar-refractivity contribution in [1.29, 1.82) is 22.1 Å². The van der Waals surface area contributed by atoms with Crippen LogP contribution in [0.2, 0.25) is 0 Å². The fourth-order valence-corrected chi connectivity index (χ4v) is 16.2. The van der Waals surface area contributed by atoms with Gasteiger partial charge in [0.1, 0.15) is 50.3 Å². The van der Waals surface area contributed by atoms with Crippen molar-refractivity contribution in [3.63, 3.8) is 0 Å². The molecule has 22 nitrogen and oxygen atoms in total. The molecule has 2 aliphatic rings. The summed E-state index contributed by atoms with van der Waals surface area (Å²) in [5.74, 6) is -20.8. The molecule has 0 amide bonds. The average Bonchev–Trinajstić information content (AvgIpc) is 1.23. The van der Waals surface area contributed by atoms with Gasteiger partial charge in [-0.1, -0.05) is 99.9 Å². The summed E-state index contributed by atoms with van der Waals surface area (Å²) in [6.07, 6.45) is 1.96. The van der Waals surface area contributed by atoms with Crippen LogP contribution in [0.3, 0.4) is 0 Å². The highest BCUT2D eigenvalue weighted by Gasteiger charge is 2.61. The molecule has 0 spiro atoms. The maximum absolute atomic E-state index is 14.7. The second kappa shape index (κ2) is 33.2. The van der Waals surface area contributed by atoms with Crippen LogP contribution in [0.15, 0.2) is 57.0 Å². The molecule has 1 aromatic carbocycles. The van der Waals surface area contributed by atoms with Crippen LogP contribution in [0.4, 0.5) is 0 Å². The van der Waals surface area contributed by atoms with Gasteiger partial charge < -0.3 is 58.8 Å². The van der Waals surface area contributed by atoms with Crippen LogP contribution in [-0.2, 0) is 51.3 Å². The van der Waals surface area contributed by atoms with Gasteiger partial charge in [0.15, 0.2) is 0 Å². The number of rotatable bonds is 25. The standard InChI is InChI=1S/C69H108N10O12/c1-40(2)24-54-51(34-82)63(89)29-50(33-81)66(12,76-71)57(27-43(7)8)60(39-87)69(91,30-46-18-20-47(21-19-46)31-79-61(22-23-74-79)48-16-15-17-48)45(10)59(38-86)68(14,78-73)55(25-41(3)4)52(35-83)62(88)28-49(32-80)65(11,75-70)56(26-42(5)6)53(36-84)64(90)44(9)58(37-85)67(54,13)77-72/h18-23,32-45,48-60,62-64,70-73,88-91H,15-17,24-31H2,1-14H3. The Labute approximate surface area is 538 Å². The zero-order valence-corrected chi connectivity index (χ0v) is 56.3. The minimum Gasteiger partial charge on any atom is -0.392 e. The second-order valence-corrected chi connectivity index (χ2v) is 29.7. The Bertz CT molecular complexity index is 2780. The number of aliphatic hydroxyl groups is 4. The number of hydrogen-bond acceptors (Lipinski definition) is 21. The zero-order valence-electron chi connectivity index (χ0n) is 56.3. The maximum atomic E-state index is 14.7. The van der Waals surface area contributed by atoms with Crippen molar-refractivity contribution in [3.05, 3.63) is 53.3 Å². The summed E-state index contributed by atoms with van der Waals surface area (Å²) >= 11 is 0. The van der Waals surface area contributed by atoms with Gasteiger partial charge in [-0.05, 0) is 155 Å². The van der Waals surface area contributed by atoms with E-state index in [2.05, 4.69) is 25.6 Å². The van der Waals surface area contributed by atoms with Crippen LogP contribution in [0.25, 0.3) is 0 Å². The summed E-state index contributed by atoms with van der Waals surface area (Å²) < 4.78 is 1.95. The van der Waals surface area contributed by atoms with Gasteiger partial charge in [0.2, 0.25) is 0 Å². The van der Waals surface area contributed by atoms with Crippen molar-refractivity contribution < 1.29 is 58.8 Å². The molecule has 1 heterocycles. The summed E-state index contributed by atoms with van der Waals surface area (Å²) in [7, 11) is 0. The van der Waals surface area contributed by atoms with Crippen molar-refractivity contribution in [1.82, 2.24) is 9.78 Å². The largest absolute Gasteiger partial charge is 0.392 e. The number of nitrogens with one attached hydrogen (secondary N) is 4. The third kappa shape index (κ3) is 16.5. The van der Waals surface area contributed by atoms with Crippen LogP contribution in [0.5, 0.6) is 0 Å². The average molecular weight is 1270 g/mol. The Hall–Kier alpha value is -5.97. The van der Waals surface area contributed by atoms with E-state index in [0.29, 0.717) is 68.3 Å². The summed E-state index contributed by atoms with van der Waals surface area (Å²) in [4.78, 5) is 112. The van der Waals surface area contributed by atoms with Crippen molar-refractivity contribution in [3.8, 4) is 0 Å². The van der Waals surface area contributed by atoms with Crippen LogP contribution in [0, 0.1) is 129 Å². The summed E-state index contributed by atoms with van der Waals surface area (Å²) in [6.45, 7) is 23.7. The third-order valence-electron chi connectivity index (χ3n) is 22.2. The lowest BCUT2D eigenvalue weighted by molar-refractivity contribution is -0.153. The number of hydrogen-bond donors (Lipinski definition) is 8. The smallest absolute Gasteiger partial charge is 0.126 e. The minimum atomic E-state index is -2.40. The van der Waals surface area contributed by atoms with Gasteiger partial charge in [-0.15, -0.1) is 0 Å². The van der Waals surface area contributed by atoms with Crippen LogP contribution in [0.1, 0.15) is 177 Å². The molecule has 2 aliphatic carbocycles. The number of carbonyl (C=O) groups is 8. The fourth-order valence-electron chi connectivity index (χ4n) is 16.2. The quantitative estimate of drug-likeness (QED) is 0.0339. The Morgan fingerprint density at radius 3 is 1.27 bits per heavy atom. The first kappa shape index (κ1) is 77.5. The molecule has 2 saturated carbocycles. The molecule has 22 heteroatoms. The van der Waals surface area contributed by atoms with Crippen molar-refractivity contribution in [2.75, 3.05) is 0 Å². The van der Waals surface area contributed by atoms with Crippen molar-refractivity contribution in [2.24, 2.45) is 127 Å². The van der Waals surface area contributed by atoms with E-state index in [4.69, 9.17) is 22.1 Å². The SMILES string of the molecule is CC(C)CC1C(C=O)C(O)C(C)C(C=O)C(C)(N=N)C(CC(C)C)C(C=O)C(O)CC(C=O)C(C)(N=N)C(CC(C)C)C(C=O)C(O)(Cc2ccc(Cn3nccc3C3CCC3)cc2)C(C)C(C=O)C(C)(N=N)C(CC(C)C)C(C=O)C(O)CC(C=O)C1(C)N=N. The molecule has 91 heavy (non-hydrogen) atoms. The normalized spacial score (nSPS) is 37.9. The van der Waals surface area contributed by atoms with Gasteiger partial charge in [0.05, 0.1) is 52.6 Å². The first-order valence-corrected chi connectivity index (χ1v) is 32.8. The van der Waals surface area contributed by atoms with E-state index in [1.807, 2.05) is 78.3 Å². The zero-order chi connectivity index (χ0) is 68.7. The maximum Gasteiger partial charge on any atom is 0.126 e. The van der Waals surface area contributed by atoms with Gasteiger partial charge in [-0.25, -0.2) is 22.1 Å². The van der Waals surface area contributed by atoms with Gasteiger partial charge in [-0.2, -0.15) is 25.6 Å². The molecular formula is C69H108N10O12. The predicted octanol–water partition coefficient (Wildman–Crippen LogP) is 10.9. The Morgan fingerprint density at radius 1 is 0.527 bits per heavy atom. The number of aldehydes is 8. The molecule has 4 rings (SSSR count). The van der Waals surface area contributed by atoms with E-state index in [-0.39, 0.29) is 55.8 Å². The molecule has 1 aromatic heterocycles. The Morgan fingerprint density at radius 2 is 0.912 bits per heavy atom. The second-order valence-electron chi connectivity index (χ2n) is 29.7. The summed E-state index contributed by atoms with van der Waals surface area (Å²) in [5, 5.41) is 73.4. The number of aliphatic hydroxyl groups excluding tert-OH is 3. The molecule has 8 N–H and O–H groups in total.